The van der Waals surface area contributed by atoms with Crippen molar-refractivity contribution < 1.29 is 9.53 Å². The molecule has 27 heavy (non-hydrogen) atoms. The highest BCUT2D eigenvalue weighted by Crippen LogP contribution is 2.29. The second-order valence-corrected chi connectivity index (χ2v) is 8.00. The molecule has 1 aromatic heterocycles. The zero-order valence-corrected chi connectivity index (χ0v) is 17.0. The highest BCUT2D eigenvalue weighted by molar-refractivity contribution is 9.10. The summed E-state index contributed by atoms with van der Waals surface area (Å²) in [4.78, 5) is 22.6. The number of imidazole rings is 1. The van der Waals surface area contributed by atoms with E-state index in [-0.39, 0.29) is 18.4 Å². The minimum atomic E-state index is -0.0326. The number of piperidine rings is 1. The summed E-state index contributed by atoms with van der Waals surface area (Å²) in [6.07, 6.45) is 1.97. The molecule has 0 bridgehead atoms. The van der Waals surface area contributed by atoms with E-state index >= 15 is 0 Å². The Hall–Kier alpha value is -2.05. The van der Waals surface area contributed by atoms with Crippen molar-refractivity contribution in [2.75, 3.05) is 19.7 Å². The lowest BCUT2D eigenvalue weighted by Gasteiger charge is -2.31. The molecule has 3 aromatic rings. The van der Waals surface area contributed by atoms with Crippen molar-refractivity contribution in [2.45, 2.75) is 18.8 Å². The Kier molecular flexibility index (Phi) is 5.36. The molecule has 1 aliphatic heterocycles. The van der Waals surface area contributed by atoms with Crippen LogP contribution in [0.25, 0.3) is 11.0 Å². The molecule has 0 aliphatic carbocycles. The van der Waals surface area contributed by atoms with Gasteiger partial charge in [0.05, 0.1) is 16.1 Å². The third-order valence-electron chi connectivity index (χ3n) is 4.81. The molecule has 140 valence electrons. The van der Waals surface area contributed by atoms with Crippen LogP contribution in [-0.4, -0.2) is 40.5 Å². The number of hydrogen-bond acceptors (Lipinski definition) is 3. The van der Waals surface area contributed by atoms with E-state index in [2.05, 4.69) is 20.9 Å². The van der Waals surface area contributed by atoms with Crippen LogP contribution in [0, 0.1) is 0 Å². The summed E-state index contributed by atoms with van der Waals surface area (Å²) in [5.74, 6) is 1.64. The van der Waals surface area contributed by atoms with E-state index in [0.717, 1.165) is 40.7 Å². The van der Waals surface area contributed by atoms with Crippen LogP contribution in [0.15, 0.2) is 46.9 Å². The van der Waals surface area contributed by atoms with Crippen molar-refractivity contribution in [2.24, 2.45) is 0 Å². The molecule has 0 saturated carbocycles. The Bertz CT molecular complexity index is 942. The number of nitrogens with zero attached hydrogens (tertiary/aromatic N) is 2. The number of aromatic amines is 1. The molecule has 7 heteroatoms. The van der Waals surface area contributed by atoms with Gasteiger partial charge in [0, 0.05) is 23.5 Å². The molecule has 1 aliphatic rings. The van der Waals surface area contributed by atoms with Crippen molar-refractivity contribution in [1.82, 2.24) is 14.9 Å². The summed E-state index contributed by atoms with van der Waals surface area (Å²) < 4.78 is 6.50. The second kappa shape index (κ2) is 7.90. The Balaban J connectivity index is 1.40. The summed E-state index contributed by atoms with van der Waals surface area (Å²) >= 11 is 9.50. The fourth-order valence-electron chi connectivity index (χ4n) is 3.42. The van der Waals surface area contributed by atoms with Gasteiger partial charge in [-0.25, -0.2) is 4.98 Å². The van der Waals surface area contributed by atoms with Gasteiger partial charge >= 0.3 is 0 Å². The number of amides is 1. The quantitative estimate of drug-likeness (QED) is 0.626. The molecule has 1 N–H and O–H groups in total. The number of nitrogens with one attached hydrogen (secondary N) is 1. The molecule has 1 amide bonds. The molecule has 0 spiro atoms. The van der Waals surface area contributed by atoms with Gasteiger partial charge in [0.15, 0.2) is 6.61 Å². The maximum atomic E-state index is 12.6. The predicted octanol–water partition coefficient (Wildman–Crippen LogP) is 4.76. The Labute approximate surface area is 170 Å². The zero-order valence-electron chi connectivity index (χ0n) is 14.6. The molecule has 0 radical (unpaired) electrons. The van der Waals surface area contributed by atoms with Gasteiger partial charge in [-0.15, -0.1) is 0 Å². The Morgan fingerprint density at radius 1 is 1.33 bits per heavy atom. The topological polar surface area (TPSA) is 58.2 Å². The molecular weight excluding hydrogens is 430 g/mol. The van der Waals surface area contributed by atoms with Gasteiger partial charge in [0.1, 0.15) is 11.6 Å². The van der Waals surface area contributed by atoms with Crippen LogP contribution >= 0.6 is 27.5 Å². The maximum Gasteiger partial charge on any atom is 0.260 e. The third-order valence-corrected chi connectivity index (χ3v) is 5.60. The molecule has 2 aromatic carbocycles. The number of carbonyl (C=O) groups is 1. The molecule has 1 atom stereocenters. The van der Waals surface area contributed by atoms with Crippen LogP contribution in [0.2, 0.25) is 5.02 Å². The van der Waals surface area contributed by atoms with Crippen molar-refractivity contribution in [3.63, 3.8) is 0 Å². The molecule has 1 unspecified atom stereocenters. The van der Waals surface area contributed by atoms with Crippen LogP contribution in [0.5, 0.6) is 5.75 Å². The molecule has 5 nitrogen and oxygen atoms in total. The fourth-order valence-corrected chi connectivity index (χ4v) is 4.14. The summed E-state index contributed by atoms with van der Waals surface area (Å²) in [7, 11) is 0. The standard InChI is InChI=1S/C20H19BrClN3O2/c21-14-7-8-18(15(22)10-14)27-12-19(26)25-9-3-4-13(11-25)20-23-16-5-1-2-6-17(16)24-20/h1-2,5-8,10,13H,3-4,9,11-12H2,(H,23,24). The Morgan fingerprint density at radius 3 is 3.00 bits per heavy atom. The Morgan fingerprint density at radius 2 is 2.19 bits per heavy atom. The van der Waals surface area contributed by atoms with E-state index in [4.69, 9.17) is 21.3 Å². The average molecular weight is 449 g/mol. The van der Waals surface area contributed by atoms with E-state index in [0.29, 0.717) is 17.3 Å². The van der Waals surface area contributed by atoms with E-state index in [9.17, 15) is 4.79 Å². The number of ether oxygens (including phenoxy) is 1. The minimum Gasteiger partial charge on any atom is -0.482 e. The SMILES string of the molecule is O=C(COc1ccc(Br)cc1Cl)N1CCCC(c2nc3ccccc3[nH]2)C1. The normalized spacial score (nSPS) is 17.3. The van der Waals surface area contributed by atoms with Crippen LogP contribution in [0.1, 0.15) is 24.6 Å². The first kappa shape index (κ1) is 18.3. The number of hydrogen-bond donors (Lipinski definition) is 1. The highest BCUT2D eigenvalue weighted by Gasteiger charge is 2.27. The largest absolute Gasteiger partial charge is 0.482 e. The average Bonchev–Trinajstić information content (AvgIpc) is 3.11. The smallest absolute Gasteiger partial charge is 0.260 e. The van der Waals surface area contributed by atoms with Crippen molar-refractivity contribution in [1.29, 1.82) is 0 Å². The van der Waals surface area contributed by atoms with Crippen LogP contribution in [0.4, 0.5) is 0 Å². The van der Waals surface area contributed by atoms with E-state index < -0.39 is 0 Å². The van der Waals surface area contributed by atoms with Gasteiger partial charge in [-0.3, -0.25) is 4.79 Å². The predicted molar refractivity (Wildman–Crippen MR) is 109 cm³/mol. The first-order valence-corrected chi connectivity index (χ1v) is 10.1. The lowest BCUT2D eigenvalue weighted by molar-refractivity contribution is -0.134. The third kappa shape index (κ3) is 4.12. The van der Waals surface area contributed by atoms with Crippen molar-refractivity contribution in [3.05, 3.63) is 57.8 Å². The van der Waals surface area contributed by atoms with Gasteiger partial charge in [-0.05, 0) is 43.2 Å². The molecule has 1 saturated heterocycles. The van der Waals surface area contributed by atoms with Gasteiger partial charge < -0.3 is 14.6 Å². The summed E-state index contributed by atoms with van der Waals surface area (Å²) in [6.45, 7) is 1.37. The van der Waals surface area contributed by atoms with Crippen LogP contribution in [-0.2, 0) is 4.79 Å². The maximum absolute atomic E-state index is 12.6. The minimum absolute atomic E-state index is 0.0196. The van der Waals surface area contributed by atoms with Gasteiger partial charge in [0.2, 0.25) is 0 Å². The van der Waals surface area contributed by atoms with E-state index in [1.54, 1.807) is 12.1 Å². The first-order chi connectivity index (χ1) is 13.1. The number of para-hydroxylation sites is 2. The number of aromatic nitrogens is 2. The molecular formula is C20H19BrClN3O2. The number of H-pyrrole nitrogens is 1. The summed E-state index contributed by atoms with van der Waals surface area (Å²) in [5.41, 5.74) is 1.99. The summed E-state index contributed by atoms with van der Waals surface area (Å²) in [6, 6.07) is 13.3. The number of halogens is 2. The van der Waals surface area contributed by atoms with Gasteiger partial charge in [-0.1, -0.05) is 39.7 Å². The molecule has 2 heterocycles. The highest BCUT2D eigenvalue weighted by atomic mass is 79.9. The van der Waals surface area contributed by atoms with Gasteiger partial charge in [-0.2, -0.15) is 0 Å². The number of benzene rings is 2. The number of fused-ring (bicyclic) bond motifs is 1. The second-order valence-electron chi connectivity index (χ2n) is 6.68. The monoisotopic (exact) mass is 447 g/mol. The fraction of sp³-hybridized carbons (Fsp3) is 0.300. The molecule has 1 fully saturated rings. The lowest BCUT2D eigenvalue weighted by Crippen LogP contribution is -2.41. The summed E-state index contributed by atoms with van der Waals surface area (Å²) in [5, 5.41) is 0.482. The number of likely N-dealkylation sites (tertiary alicyclic amines) is 1. The zero-order chi connectivity index (χ0) is 18.8. The van der Waals surface area contributed by atoms with Crippen molar-refractivity contribution in [3.8, 4) is 5.75 Å². The van der Waals surface area contributed by atoms with Crippen LogP contribution < -0.4 is 4.74 Å². The van der Waals surface area contributed by atoms with Gasteiger partial charge in [0.25, 0.3) is 5.91 Å². The number of rotatable bonds is 4. The van der Waals surface area contributed by atoms with Crippen molar-refractivity contribution >= 4 is 44.5 Å². The molecule has 4 rings (SSSR count). The lowest BCUT2D eigenvalue weighted by atomic mass is 9.97. The first-order valence-electron chi connectivity index (χ1n) is 8.90. The van der Waals surface area contributed by atoms with Crippen LogP contribution in [0.3, 0.4) is 0 Å². The van der Waals surface area contributed by atoms with E-state index in [1.807, 2.05) is 35.2 Å². The number of carbonyl (C=O) groups excluding carboxylic acids is 1. The van der Waals surface area contributed by atoms with E-state index in [1.165, 1.54) is 0 Å².